The third-order valence-corrected chi connectivity index (χ3v) is 2.11. The largest absolute Gasteiger partial charge is 0.481 e. The monoisotopic (exact) mass is 245 g/mol. The lowest BCUT2D eigenvalue weighted by Crippen LogP contribution is -2.45. The third-order valence-electron chi connectivity index (χ3n) is 2.11. The summed E-state index contributed by atoms with van der Waals surface area (Å²) in [6.07, 6.45) is 0.0479. The molecule has 0 aliphatic rings. The first kappa shape index (κ1) is 15.4. The van der Waals surface area contributed by atoms with E-state index in [1.807, 2.05) is 0 Å². The SMILES string of the molecule is C[C@H](CNCC(=O)N[C@@H](C)C(N)=O)CC(=O)O. The fraction of sp³-hybridized carbons (Fsp3) is 0.700. The summed E-state index contributed by atoms with van der Waals surface area (Å²) in [4.78, 5) is 32.3. The van der Waals surface area contributed by atoms with Crippen LogP contribution in [0.1, 0.15) is 20.3 Å². The number of nitrogens with one attached hydrogen (secondary N) is 2. The quantitative estimate of drug-likeness (QED) is 0.422. The average molecular weight is 245 g/mol. The molecule has 7 nitrogen and oxygen atoms in total. The van der Waals surface area contributed by atoms with Gasteiger partial charge in [-0.2, -0.15) is 0 Å². The molecule has 2 amide bonds. The molecule has 0 aromatic heterocycles. The highest BCUT2D eigenvalue weighted by atomic mass is 16.4. The molecule has 0 aromatic rings. The molecule has 0 spiro atoms. The maximum Gasteiger partial charge on any atom is 0.303 e. The molecule has 0 rings (SSSR count). The zero-order valence-electron chi connectivity index (χ0n) is 10.0. The number of rotatable bonds is 8. The Labute approximate surface area is 99.7 Å². The van der Waals surface area contributed by atoms with Gasteiger partial charge in [0.25, 0.3) is 0 Å². The van der Waals surface area contributed by atoms with Gasteiger partial charge < -0.3 is 21.5 Å². The highest BCUT2D eigenvalue weighted by molar-refractivity contribution is 5.86. The lowest BCUT2D eigenvalue weighted by Gasteiger charge is -2.12. The molecule has 0 unspecified atom stereocenters. The lowest BCUT2D eigenvalue weighted by molar-refractivity contribution is -0.137. The van der Waals surface area contributed by atoms with Crippen LogP contribution in [-0.2, 0) is 14.4 Å². The molecule has 0 aliphatic heterocycles. The minimum atomic E-state index is -0.869. The summed E-state index contributed by atoms with van der Waals surface area (Å²) in [5.74, 6) is -1.88. The molecule has 0 fully saturated rings. The van der Waals surface area contributed by atoms with Crippen LogP contribution in [-0.4, -0.2) is 42.0 Å². The molecule has 2 atom stereocenters. The van der Waals surface area contributed by atoms with Gasteiger partial charge in [0.1, 0.15) is 6.04 Å². The Morgan fingerprint density at radius 1 is 1.29 bits per heavy atom. The first-order valence-electron chi connectivity index (χ1n) is 5.34. The Hall–Kier alpha value is -1.63. The van der Waals surface area contributed by atoms with E-state index in [-0.39, 0.29) is 24.8 Å². The van der Waals surface area contributed by atoms with E-state index in [1.54, 1.807) is 6.92 Å². The molecule has 0 saturated heterocycles. The van der Waals surface area contributed by atoms with Gasteiger partial charge in [0.2, 0.25) is 11.8 Å². The molecular weight excluding hydrogens is 226 g/mol. The zero-order valence-corrected chi connectivity index (χ0v) is 10.0. The van der Waals surface area contributed by atoms with Crippen LogP contribution in [0.2, 0.25) is 0 Å². The van der Waals surface area contributed by atoms with Crippen molar-refractivity contribution in [2.24, 2.45) is 11.7 Å². The van der Waals surface area contributed by atoms with Crippen LogP contribution in [0.5, 0.6) is 0 Å². The van der Waals surface area contributed by atoms with Crippen LogP contribution >= 0.6 is 0 Å². The Morgan fingerprint density at radius 2 is 1.88 bits per heavy atom. The minimum Gasteiger partial charge on any atom is -0.481 e. The van der Waals surface area contributed by atoms with Crippen molar-refractivity contribution in [1.82, 2.24) is 10.6 Å². The smallest absolute Gasteiger partial charge is 0.303 e. The lowest BCUT2D eigenvalue weighted by atomic mass is 10.1. The highest BCUT2D eigenvalue weighted by Gasteiger charge is 2.12. The molecule has 0 aromatic carbocycles. The predicted octanol–water partition coefficient (Wildman–Crippen LogP) is -1.32. The van der Waals surface area contributed by atoms with Crippen LogP contribution in [0.25, 0.3) is 0 Å². The van der Waals surface area contributed by atoms with Crippen molar-refractivity contribution in [3.05, 3.63) is 0 Å². The predicted molar refractivity (Wildman–Crippen MR) is 61.1 cm³/mol. The number of amides is 2. The summed E-state index contributed by atoms with van der Waals surface area (Å²) < 4.78 is 0. The van der Waals surface area contributed by atoms with E-state index in [2.05, 4.69) is 10.6 Å². The summed E-state index contributed by atoms with van der Waals surface area (Å²) in [7, 11) is 0. The highest BCUT2D eigenvalue weighted by Crippen LogP contribution is 1.98. The number of carbonyl (C=O) groups is 3. The molecular formula is C10H19N3O4. The number of carboxylic acids is 1. The zero-order chi connectivity index (χ0) is 13.4. The maximum atomic E-state index is 11.3. The molecule has 0 bridgehead atoms. The number of hydrogen-bond acceptors (Lipinski definition) is 4. The van der Waals surface area contributed by atoms with Crippen LogP contribution in [0, 0.1) is 5.92 Å². The molecule has 0 radical (unpaired) electrons. The van der Waals surface area contributed by atoms with Crippen molar-refractivity contribution in [3.8, 4) is 0 Å². The van der Waals surface area contributed by atoms with Gasteiger partial charge in [-0.05, 0) is 19.4 Å². The van der Waals surface area contributed by atoms with Crippen LogP contribution in [0.3, 0.4) is 0 Å². The van der Waals surface area contributed by atoms with E-state index in [1.165, 1.54) is 6.92 Å². The second-order valence-corrected chi connectivity index (χ2v) is 4.03. The molecule has 17 heavy (non-hydrogen) atoms. The number of carboxylic acid groups (broad SMARTS) is 1. The number of primary amides is 1. The van der Waals surface area contributed by atoms with Gasteiger partial charge in [-0.15, -0.1) is 0 Å². The van der Waals surface area contributed by atoms with Crippen LogP contribution < -0.4 is 16.4 Å². The van der Waals surface area contributed by atoms with Crippen molar-refractivity contribution in [2.45, 2.75) is 26.3 Å². The summed E-state index contributed by atoms with van der Waals surface area (Å²) in [5.41, 5.74) is 4.98. The normalized spacial score (nSPS) is 13.8. The standard InChI is InChI=1S/C10H19N3O4/c1-6(3-9(15)16)4-12-5-8(14)13-7(2)10(11)17/h6-7,12H,3-5H2,1-2H3,(H2,11,17)(H,13,14)(H,15,16)/t6-,7-/m0/s1. The number of aliphatic carboxylic acids is 1. The van der Waals surface area contributed by atoms with Crippen molar-refractivity contribution >= 4 is 17.8 Å². The number of carbonyl (C=O) groups excluding carboxylic acids is 2. The Morgan fingerprint density at radius 3 is 2.35 bits per heavy atom. The van der Waals surface area contributed by atoms with Crippen molar-refractivity contribution in [2.75, 3.05) is 13.1 Å². The van der Waals surface area contributed by atoms with E-state index in [0.717, 1.165) is 0 Å². The van der Waals surface area contributed by atoms with Gasteiger partial charge in [-0.25, -0.2) is 0 Å². The third kappa shape index (κ3) is 8.21. The summed E-state index contributed by atoms with van der Waals surface area (Å²) in [5, 5.41) is 13.7. The van der Waals surface area contributed by atoms with E-state index >= 15 is 0 Å². The first-order valence-corrected chi connectivity index (χ1v) is 5.34. The van der Waals surface area contributed by atoms with E-state index in [9.17, 15) is 14.4 Å². The van der Waals surface area contributed by atoms with Gasteiger partial charge in [-0.3, -0.25) is 14.4 Å². The van der Waals surface area contributed by atoms with Gasteiger partial charge in [0.05, 0.1) is 6.54 Å². The molecule has 5 N–H and O–H groups in total. The fourth-order valence-electron chi connectivity index (χ4n) is 1.17. The minimum absolute atomic E-state index is 0.0293. The van der Waals surface area contributed by atoms with Crippen molar-refractivity contribution in [1.29, 1.82) is 0 Å². The molecule has 0 aliphatic carbocycles. The summed E-state index contributed by atoms with van der Waals surface area (Å²) >= 11 is 0. The molecule has 0 heterocycles. The summed E-state index contributed by atoms with van der Waals surface area (Å²) in [6, 6.07) is -0.708. The van der Waals surface area contributed by atoms with Crippen molar-refractivity contribution in [3.63, 3.8) is 0 Å². The van der Waals surface area contributed by atoms with Crippen LogP contribution in [0.15, 0.2) is 0 Å². The second kappa shape index (κ2) is 7.61. The number of nitrogens with two attached hydrogens (primary N) is 1. The Kier molecular flexibility index (Phi) is 6.88. The fourth-order valence-corrected chi connectivity index (χ4v) is 1.17. The van der Waals surface area contributed by atoms with Gasteiger partial charge >= 0.3 is 5.97 Å². The van der Waals surface area contributed by atoms with Gasteiger partial charge in [0, 0.05) is 6.42 Å². The Bertz CT molecular complexity index is 293. The Balaban J connectivity index is 3.71. The first-order chi connectivity index (χ1) is 7.82. The van der Waals surface area contributed by atoms with E-state index in [0.29, 0.717) is 6.54 Å². The van der Waals surface area contributed by atoms with Gasteiger partial charge in [0.15, 0.2) is 0 Å². The summed E-state index contributed by atoms with van der Waals surface area (Å²) in [6.45, 7) is 3.71. The molecule has 0 saturated carbocycles. The van der Waals surface area contributed by atoms with Crippen LogP contribution in [0.4, 0.5) is 0 Å². The number of hydrogen-bond donors (Lipinski definition) is 4. The molecule has 7 heteroatoms. The van der Waals surface area contributed by atoms with E-state index in [4.69, 9.17) is 10.8 Å². The van der Waals surface area contributed by atoms with E-state index < -0.39 is 17.9 Å². The maximum absolute atomic E-state index is 11.3. The van der Waals surface area contributed by atoms with Gasteiger partial charge in [-0.1, -0.05) is 6.92 Å². The molecule has 98 valence electrons. The topological polar surface area (TPSA) is 122 Å². The second-order valence-electron chi connectivity index (χ2n) is 4.03. The van der Waals surface area contributed by atoms with Crippen molar-refractivity contribution < 1.29 is 19.5 Å². The average Bonchev–Trinajstić information content (AvgIpc) is 2.15.